The molecule has 0 fully saturated rings. The van der Waals surface area contributed by atoms with Gasteiger partial charge in [-0.1, -0.05) is 11.8 Å². The number of aliphatic carboxylic acids is 1. The molecule has 6 heteroatoms. The Morgan fingerprint density at radius 3 is 2.88 bits per heavy atom. The van der Waals surface area contributed by atoms with Crippen LogP contribution < -0.4 is 5.73 Å². The molecule has 6 nitrogen and oxygen atoms in total. The van der Waals surface area contributed by atoms with Crippen LogP contribution >= 0.6 is 0 Å². The lowest BCUT2D eigenvalue weighted by molar-refractivity contribution is -0.135. The zero-order valence-corrected chi connectivity index (χ0v) is 9.06. The standard InChI is InChI=1S/C11H10N2O4/c1-17-11(16)8-5-7(6-13-10(8)12)3-2-4-9(14)15/h5-6H,4H2,1H3,(H2,12,13)(H,14,15). The zero-order chi connectivity index (χ0) is 12.8. The molecule has 1 aromatic heterocycles. The van der Waals surface area contributed by atoms with Gasteiger partial charge in [-0.2, -0.15) is 0 Å². The minimum absolute atomic E-state index is 0.0423. The lowest BCUT2D eigenvalue weighted by Gasteiger charge is -2.02. The van der Waals surface area contributed by atoms with Crippen molar-refractivity contribution in [2.75, 3.05) is 12.8 Å². The van der Waals surface area contributed by atoms with Crippen molar-refractivity contribution in [3.8, 4) is 11.8 Å². The molecule has 0 radical (unpaired) electrons. The van der Waals surface area contributed by atoms with Gasteiger partial charge in [0, 0.05) is 11.8 Å². The van der Waals surface area contributed by atoms with E-state index in [1.54, 1.807) is 0 Å². The van der Waals surface area contributed by atoms with Gasteiger partial charge in [0.25, 0.3) is 0 Å². The fourth-order valence-corrected chi connectivity index (χ4v) is 1.04. The Kier molecular flexibility index (Phi) is 4.06. The fraction of sp³-hybridized carbons (Fsp3) is 0.182. The van der Waals surface area contributed by atoms with Crippen LogP contribution in [-0.4, -0.2) is 29.1 Å². The summed E-state index contributed by atoms with van der Waals surface area (Å²) >= 11 is 0. The summed E-state index contributed by atoms with van der Waals surface area (Å²) in [4.78, 5) is 25.3. The van der Waals surface area contributed by atoms with E-state index in [0.29, 0.717) is 5.56 Å². The van der Waals surface area contributed by atoms with E-state index in [1.165, 1.54) is 19.4 Å². The molecule has 1 heterocycles. The average molecular weight is 234 g/mol. The minimum atomic E-state index is -1.02. The van der Waals surface area contributed by atoms with Crippen LogP contribution in [0.2, 0.25) is 0 Å². The number of carboxylic acid groups (broad SMARTS) is 1. The highest BCUT2D eigenvalue weighted by molar-refractivity contribution is 5.94. The first-order chi connectivity index (χ1) is 8.04. The highest BCUT2D eigenvalue weighted by Gasteiger charge is 2.11. The van der Waals surface area contributed by atoms with E-state index < -0.39 is 11.9 Å². The highest BCUT2D eigenvalue weighted by Crippen LogP contribution is 2.11. The predicted octanol–water partition coefficient (Wildman–Crippen LogP) is 0.277. The molecule has 88 valence electrons. The van der Waals surface area contributed by atoms with Crippen LogP contribution in [-0.2, 0) is 9.53 Å². The number of hydrogen-bond donors (Lipinski definition) is 2. The van der Waals surface area contributed by atoms with Crippen molar-refractivity contribution in [3.05, 3.63) is 23.4 Å². The molecule has 0 aliphatic heterocycles. The maximum absolute atomic E-state index is 11.3. The van der Waals surface area contributed by atoms with E-state index in [-0.39, 0.29) is 17.8 Å². The first-order valence-electron chi connectivity index (χ1n) is 4.59. The average Bonchev–Trinajstić information content (AvgIpc) is 2.30. The van der Waals surface area contributed by atoms with Crippen LogP contribution in [0.15, 0.2) is 12.3 Å². The summed E-state index contributed by atoms with van der Waals surface area (Å²) in [7, 11) is 1.23. The summed E-state index contributed by atoms with van der Waals surface area (Å²) in [5.41, 5.74) is 6.00. The van der Waals surface area contributed by atoms with Gasteiger partial charge < -0.3 is 15.6 Å². The number of nitrogens with two attached hydrogens (primary N) is 1. The quantitative estimate of drug-likeness (QED) is 0.562. The number of esters is 1. The van der Waals surface area contributed by atoms with Gasteiger partial charge in [0.1, 0.15) is 17.8 Å². The number of carbonyl (C=O) groups excluding carboxylic acids is 1. The molecule has 0 bridgehead atoms. The van der Waals surface area contributed by atoms with Crippen LogP contribution in [0.4, 0.5) is 5.82 Å². The molecule has 0 amide bonds. The summed E-state index contributed by atoms with van der Waals surface area (Å²) in [5, 5.41) is 8.40. The Labute approximate surface area is 97.4 Å². The molecule has 0 saturated carbocycles. The van der Waals surface area contributed by atoms with Crippen molar-refractivity contribution in [1.29, 1.82) is 0 Å². The monoisotopic (exact) mass is 234 g/mol. The number of methoxy groups -OCH3 is 1. The maximum atomic E-state index is 11.3. The Morgan fingerprint density at radius 1 is 1.59 bits per heavy atom. The topological polar surface area (TPSA) is 103 Å². The third-order valence-electron chi connectivity index (χ3n) is 1.80. The first kappa shape index (κ1) is 12.5. The number of carboxylic acids is 1. The number of anilines is 1. The molecule has 3 N–H and O–H groups in total. The predicted molar refractivity (Wildman–Crippen MR) is 59.1 cm³/mol. The van der Waals surface area contributed by atoms with Gasteiger partial charge in [-0.15, -0.1) is 0 Å². The fourth-order valence-electron chi connectivity index (χ4n) is 1.04. The van der Waals surface area contributed by atoms with Gasteiger partial charge >= 0.3 is 11.9 Å². The largest absolute Gasteiger partial charge is 0.481 e. The number of pyridine rings is 1. The normalized spacial score (nSPS) is 9.00. The van der Waals surface area contributed by atoms with Crippen molar-refractivity contribution in [3.63, 3.8) is 0 Å². The molecule has 0 aliphatic carbocycles. The van der Waals surface area contributed by atoms with E-state index in [2.05, 4.69) is 21.6 Å². The molecular weight excluding hydrogens is 224 g/mol. The summed E-state index contributed by atoms with van der Waals surface area (Å²) in [6, 6.07) is 1.41. The second-order valence-electron chi connectivity index (χ2n) is 3.02. The van der Waals surface area contributed by atoms with Gasteiger partial charge in [-0.3, -0.25) is 4.79 Å². The molecule has 0 saturated heterocycles. The maximum Gasteiger partial charge on any atom is 0.341 e. The third-order valence-corrected chi connectivity index (χ3v) is 1.80. The zero-order valence-electron chi connectivity index (χ0n) is 9.06. The minimum Gasteiger partial charge on any atom is -0.481 e. The number of hydrogen-bond acceptors (Lipinski definition) is 5. The van der Waals surface area contributed by atoms with E-state index in [4.69, 9.17) is 10.8 Å². The van der Waals surface area contributed by atoms with Crippen LogP contribution in [0.3, 0.4) is 0 Å². The van der Waals surface area contributed by atoms with Crippen molar-refractivity contribution in [2.45, 2.75) is 6.42 Å². The lowest BCUT2D eigenvalue weighted by atomic mass is 10.2. The lowest BCUT2D eigenvalue weighted by Crippen LogP contribution is -2.07. The molecule has 1 rings (SSSR count). The molecule has 0 atom stereocenters. The van der Waals surface area contributed by atoms with Crippen molar-refractivity contribution in [1.82, 2.24) is 4.98 Å². The second-order valence-corrected chi connectivity index (χ2v) is 3.02. The van der Waals surface area contributed by atoms with Gasteiger partial charge in [0.2, 0.25) is 0 Å². The van der Waals surface area contributed by atoms with E-state index >= 15 is 0 Å². The number of aromatic nitrogens is 1. The third kappa shape index (κ3) is 3.50. The van der Waals surface area contributed by atoms with Crippen LogP contribution in [0.25, 0.3) is 0 Å². The summed E-state index contributed by atoms with van der Waals surface area (Å²) in [6.07, 6.45) is 1.08. The van der Waals surface area contributed by atoms with Gasteiger partial charge in [-0.05, 0) is 6.07 Å². The second kappa shape index (κ2) is 5.51. The number of carbonyl (C=O) groups is 2. The Balaban J connectivity index is 2.99. The molecule has 1 aromatic rings. The van der Waals surface area contributed by atoms with Gasteiger partial charge in [0.15, 0.2) is 0 Å². The smallest absolute Gasteiger partial charge is 0.341 e. The molecule has 0 aliphatic rings. The molecular formula is C11H10N2O4. The van der Waals surface area contributed by atoms with E-state index in [9.17, 15) is 9.59 Å². The molecule has 17 heavy (non-hydrogen) atoms. The van der Waals surface area contributed by atoms with E-state index in [1.807, 2.05) is 0 Å². The SMILES string of the molecule is COC(=O)c1cc(C#CCC(=O)O)cnc1N. The molecule has 0 unspecified atom stereocenters. The summed E-state index contributed by atoms with van der Waals surface area (Å²) in [5.74, 6) is 3.40. The molecule has 0 spiro atoms. The van der Waals surface area contributed by atoms with Crippen LogP contribution in [0.1, 0.15) is 22.3 Å². The van der Waals surface area contributed by atoms with Crippen molar-refractivity contribution < 1.29 is 19.4 Å². The number of ether oxygens (including phenoxy) is 1. The number of nitrogens with zero attached hydrogens (tertiary/aromatic N) is 1. The van der Waals surface area contributed by atoms with Crippen LogP contribution in [0.5, 0.6) is 0 Å². The van der Waals surface area contributed by atoms with E-state index in [0.717, 1.165) is 0 Å². The number of nitrogen functional groups attached to an aromatic ring is 1. The van der Waals surface area contributed by atoms with Gasteiger partial charge in [-0.25, -0.2) is 9.78 Å². The first-order valence-corrected chi connectivity index (χ1v) is 4.59. The summed E-state index contributed by atoms with van der Waals surface area (Å²) < 4.78 is 4.51. The Bertz CT molecular complexity index is 514. The van der Waals surface area contributed by atoms with Crippen molar-refractivity contribution in [2.24, 2.45) is 0 Å². The molecule has 0 aromatic carbocycles. The van der Waals surface area contributed by atoms with Crippen molar-refractivity contribution >= 4 is 17.8 Å². The summed E-state index contributed by atoms with van der Waals surface area (Å²) in [6.45, 7) is 0. The van der Waals surface area contributed by atoms with Gasteiger partial charge in [0.05, 0.1) is 7.11 Å². The highest BCUT2D eigenvalue weighted by atomic mass is 16.5. The number of rotatable bonds is 2. The Morgan fingerprint density at radius 2 is 2.29 bits per heavy atom. The Hall–Kier alpha value is -2.55. The van der Waals surface area contributed by atoms with Crippen LogP contribution in [0, 0.1) is 11.8 Å².